The second kappa shape index (κ2) is 7.24. The van der Waals surface area contributed by atoms with Crippen LogP contribution >= 0.6 is 35.4 Å². The zero-order valence-corrected chi connectivity index (χ0v) is 15.1. The van der Waals surface area contributed by atoms with Crippen LogP contribution in [0.5, 0.6) is 5.75 Å². The molecule has 0 fully saturated rings. The van der Waals surface area contributed by atoms with Crippen molar-refractivity contribution in [3.63, 3.8) is 0 Å². The normalized spacial score (nSPS) is 11.2. The van der Waals surface area contributed by atoms with E-state index in [4.69, 9.17) is 35.4 Å². The van der Waals surface area contributed by atoms with Crippen LogP contribution in [0.4, 0.5) is 5.69 Å². The van der Waals surface area contributed by atoms with E-state index in [0.717, 1.165) is 0 Å². The highest BCUT2D eigenvalue weighted by molar-refractivity contribution is 7.71. The monoisotopic (exact) mass is 409 g/mol. The zero-order chi connectivity index (χ0) is 18.8. The van der Waals surface area contributed by atoms with E-state index in [0.29, 0.717) is 27.0 Å². The number of benzene rings is 2. The third-order valence-electron chi connectivity index (χ3n) is 3.34. The molecular formula is C15H9Cl2N5O3S. The molecule has 11 heteroatoms. The van der Waals surface area contributed by atoms with Crippen LogP contribution in [0.2, 0.25) is 10.0 Å². The van der Waals surface area contributed by atoms with Crippen LogP contribution in [0.15, 0.2) is 41.5 Å². The number of phenolic OH excluding ortho intramolecular Hbond substituents is 1. The number of nitro groups is 1. The number of halogens is 2. The number of aromatic hydroxyl groups is 1. The maximum atomic E-state index is 10.9. The SMILES string of the molecule is O=[N+]([O-])c1cc(/C=N/n2c(-c3ccc(Cl)cc3Cl)n[nH]c2=S)ccc1O. The van der Waals surface area contributed by atoms with E-state index >= 15 is 0 Å². The van der Waals surface area contributed by atoms with Crippen molar-refractivity contribution >= 4 is 47.3 Å². The first kappa shape index (κ1) is 18.1. The summed E-state index contributed by atoms with van der Waals surface area (Å²) in [4.78, 5) is 10.2. The number of hydrogen-bond acceptors (Lipinski definition) is 6. The average Bonchev–Trinajstić information content (AvgIpc) is 2.94. The highest BCUT2D eigenvalue weighted by Crippen LogP contribution is 2.29. The van der Waals surface area contributed by atoms with Crippen molar-refractivity contribution in [2.24, 2.45) is 5.10 Å². The third kappa shape index (κ3) is 3.59. The minimum atomic E-state index is -0.685. The van der Waals surface area contributed by atoms with Crippen LogP contribution in [-0.4, -0.2) is 31.1 Å². The molecule has 0 spiro atoms. The van der Waals surface area contributed by atoms with Gasteiger partial charge in [-0.05, 0) is 42.5 Å². The first-order valence-corrected chi connectivity index (χ1v) is 8.18. The fraction of sp³-hybridized carbons (Fsp3) is 0. The quantitative estimate of drug-likeness (QED) is 0.287. The Morgan fingerprint density at radius 2 is 2.08 bits per heavy atom. The smallest absolute Gasteiger partial charge is 0.311 e. The highest BCUT2D eigenvalue weighted by Gasteiger charge is 2.14. The summed E-state index contributed by atoms with van der Waals surface area (Å²) in [7, 11) is 0. The number of nitrogens with zero attached hydrogens (tertiary/aromatic N) is 4. The van der Waals surface area contributed by atoms with Gasteiger partial charge in [-0.3, -0.25) is 10.1 Å². The van der Waals surface area contributed by atoms with Crippen LogP contribution < -0.4 is 0 Å². The Morgan fingerprint density at radius 3 is 2.77 bits per heavy atom. The number of aromatic nitrogens is 3. The molecule has 0 aliphatic carbocycles. The molecule has 132 valence electrons. The van der Waals surface area contributed by atoms with E-state index in [2.05, 4.69) is 15.3 Å². The summed E-state index contributed by atoms with van der Waals surface area (Å²) in [5.74, 6) is -0.0816. The Morgan fingerprint density at radius 1 is 1.31 bits per heavy atom. The number of hydrogen-bond donors (Lipinski definition) is 2. The number of phenols is 1. The molecule has 26 heavy (non-hydrogen) atoms. The van der Waals surface area contributed by atoms with E-state index in [-0.39, 0.29) is 4.77 Å². The molecule has 0 aliphatic heterocycles. The molecule has 2 N–H and O–H groups in total. The summed E-state index contributed by atoms with van der Waals surface area (Å²) < 4.78 is 1.53. The van der Waals surface area contributed by atoms with Gasteiger partial charge < -0.3 is 5.11 Å². The average molecular weight is 410 g/mol. The number of nitrogens with one attached hydrogen (secondary N) is 1. The standard InChI is InChI=1S/C15H9Cl2N5O3S/c16-9-2-3-10(11(17)6-9)14-19-20-15(26)21(14)18-7-8-1-4-13(23)12(5-8)22(24)25/h1-7,23H,(H,20,26)/b18-7+. The van der Waals surface area contributed by atoms with Gasteiger partial charge in [-0.15, -0.1) is 0 Å². The molecule has 8 nitrogen and oxygen atoms in total. The van der Waals surface area contributed by atoms with Gasteiger partial charge in [0.2, 0.25) is 4.77 Å². The Kier molecular flexibility index (Phi) is 5.03. The van der Waals surface area contributed by atoms with E-state index in [9.17, 15) is 15.2 Å². The Balaban J connectivity index is 2.03. The first-order valence-electron chi connectivity index (χ1n) is 7.01. The van der Waals surface area contributed by atoms with Crippen molar-refractivity contribution < 1.29 is 10.0 Å². The largest absolute Gasteiger partial charge is 0.502 e. The summed E-state index contributed by atoms with van der Waals surface area (Å²) in [5.41, 5.74) is 0.522. The lowest BCUT2D eigenvalue weighted by molar-refractivity contribution is -0.385. The molecule has 1 heterocycles. The van der Waals surface area contributed by atoms with Crippen LogP contribution in [-0.2, 0) is 0 Å². The van der Waals surface area contributed by atoms with Gasteiger partial charge in [-0.2, -0.15) is 14.9 Å². The summed E-state index contributed by atoms with van der Waals surface area (Å²) in [5, 5.41) is 32.2. The predicted molar refractivity (Wildman–Crippen MR) is 101 cm³/mol. The molecule has 0 radical (unpaired) electrons. The van der Waals surface area contributed by atoms with E-state index < -0.39 is 16.4 Å². The van der Waals surface area contributed by atoms with Crippen molar-refractivity contribution in [2.45, 2.75) is 0 Å². The van der Waals surface area contributed by atoms with Gasteiger partial charge >= 0.3 is 5.69 Å². The van der Waals surface area contributed by atoms with Crippen molar-refractivity contribution in [2.75, 3.05) is 0 Å². The second-order valence-corrected chi connectivity index (χ2v) is 6.27. The molecule has 0 unspecified atom stereocenters. The number of aromatic amines is 1. The Bertz CT molecular complexity index is 1090. The van der Waals surface area contributed by atoms with Crippen LogP contribution in [0.25, 0.3) is 11.4 Å². The van der Waals surface area contributed by atoms with Crippen LogP contribution in [0.1, 0.15) is 5.56 Å². The highest BCUT2D eigenvalue weighted by atomic mass is 35.5. The molecule has 0 atom stereocenters. The van der Waals surface area contributed by atoms with Crippen LogP contribution in [0.3, 0.4) is 0 Å². The van der Waals surface area contributed by atoms with Crippen molar-refractivity contribution in [1.29, 1.82) is 0 Å². The van der Waals surface area contributed by atoms with E-state index in [1.165, 1.54) is 29.1 Å². The molecular weight excluding hydrogens is 401 g/mol. The fourth-order valence-electron chi connectivity index (χ4n) is 2.14. The van der Waals surface area contributed by atoms with Gasteiger partial charge in [-0.25, -0.2) is 5.10 Å². The summed E-state index contributed by atoms with van der Waals surface area (Å²) in [6.45, 7) is 0. The number of rotatable bonds is 4. The van der Waals surface area contributed by atoms with Gasteiger partial charge in [0.05, 0.1) is 16.2 Å². The fourth-order valence-corrected chi connectivity index (χ4v) is 2.81. The molecule has 0 amide bonds. The molecule has 2 aromatic carbocycles. The van der Waals surface area contributed by atoms with Crippen LogP contribution in [0, 0.1) is 14.9 Å². The maximum Gasteiger partial charge on any atom is 0.311 e. The zero-order valence-electron chi connectivity index (χ0n) is 12.8. The van der Waals surface area contributed by atoms with E-state index in [1.807, 2.05) is 0 Å². The molecule has 3 aromatic rings. The third-order valence-corrected chi connectivity index (χ3v) is 4.15. The Hall–Kier alpha value is -2.75. The molecule has 0 bridgehead atoms. The minimum absolute atomic E-state index is 0.204. The minimum Gasteiger partial charge on any atom is -0.502 e. The van der Waals surface area contributed by atoms with Gasteiger partial charge in [-0.1, -0.05) is 23.2 Å². The lowest BCUT2D eigenvalue weighted by Crippen LogP contribution is -1.96. The van der Waals surface area contributed by atoms with Gasteiger partial charge in [0.15, 0.2) is 11.6 Å². The summed E-state index contributed by atoms with van der Waals surface area (Å²) in [6.07, 6.45) is 1.35. The van der Waals surface area contributed by atoms with Crippen molar-refractivity contribution in [3.05, 3.63) is 66.9 Å². The number of H-pyrrole nitrogens is 1. The summed E-state index contributed by atoms with van der Waals surface area (Å²) in [6, 6.07) is 8.77. The molecule has 3 rings (SSSR count). The predicted octanol–water partition coefficient (Wildman–Crippen LogP) is 4.41. The topological polar surface area (TPSA) is 109 Å². The van der Waals surface area contributed by atoms with Gasteiger partial charge in [0.1, 0.15) is 0 Å². The lowest BCUT2D eigenvalue weighted by atomic mass is 10.2. The van der Waals surface area contributed by atoms with Crippen molar-refractivity contribution in [1.82, 2.24) is 14.9 Å². The molecule has 0 aliphatic rings. The van der Waals surface area contributed by atoms with Gasteiger partial charge in [0, 0.05) is 22.2 Å². The maximum absolute atomic E-state index is 10.9. The second-order valence-electron chi connectivity index (χ2n) is 5.04. The molecule has 1 aromatic heterocycles. The lowest BCUT2D eigenvalue weighted by Gasteiger charge is -2.04. The van der Waals surface area contributed by atoms with Crippen molar-refractivity contribution in [3.8, 4) is 17.1 Å². The summed E-state index contributed by atoms with van der Waals surface area (Å²) >= 11 is 17.3. The Labute approximate surface area is 161 Å². The number of nitro benzene ring substituents is 1. The molecule has 0 saturated carbocycles. The van der Waals surface area contributed by atoms with Gasteiger partial charge in [0.25, 0.3) is 0 Å². The first-order chi connectivity index (χ1) is 12.4. The van der Waals surface area contributed by atoms with E-state index in [1.54, 1.807) is 18.2 Å². The molecule has 0 saturated heterocycles.